The Hall–Kier alpha value is -1.86. The number of anilines is 1. The van der Waals surface area contributed by atoms with E-state index in [9.17, 15) is 9.59 Å². The van der Waals surface area contributed by atoms with Crippen molar-refractivity contribution >= 4 is 25.9 Å². The molecule has 0 aliphatic rings. The maximum atomic E-state index is 12.4. The number of ether oxygens (including phenoxy) is 1. The normalized spacial score (nSPS) is 13.9. The molecule has 0 bridgehead atoms. The molecule has 1 rings (SSSR count). The average Bonchev–Trinajstić information content (AvgIpc) is 2.62. The Kier molecular flexibility index (Phi) is 9.76. The molecule has 1 atom stereocenters. The molecule has 1 aromatic rings. The Morgan fingerprint density at radius 2 is 1.48 bits per heavy atom. The highest BCUT2D eigenvalue weighted by Crippen LogP contribution is 2.36. The van der Waals surface area contributed by atoms with E-state index in [1.807, 2.05) is 65.8 Å². The van der Waals surface area contributed by atoms with Crippen molar-refractivity contribution in [2.75, 3.05) is 18.5 Å². The Balaban J connectivity index is 2.87. The van der Waals surface area contributed by atoms with E-state index in [1.54, 1.807) is 0 Å². The lowest BCUT2D eigenvalue weighted by Crippen LogP contribution is -2.48. The minimum absolute atomic E-state index is 0.0846. The molecule has 0 radical (unpaired) electrons. The molecular weight excluding hydrogens is 432 g/mol. The predicted octanol–water partition coefficient (Wildman–Crippen LogP) is 6.17. The molecule has 0 heterocycles. The van der Waals surface area contributed by atoms with E-state index in [1.165, 1.54) is 0 Å². The first-order chi connectivity index (χ1) is 14.8. The van der Waals surface area contributed by atoms with Crippen LogP contribution in [0.5, 0.6) is 0 Å². The van der Waals surface area contributed by atoms with Gasteiger partial charge in [-0.25, -0.2) is 4.79 Å². The van der Waals surface area contributed by atoms with Crippen molar-refractivity contribution in [3.05, 3.63) is 29.8 Å². The number of ketones is 1. The molecule has 1 aromatic carbocycles. The van der Waals surface area contributed by atoms with Crippen LogP contribution in [0.1, 0.15) is 67.9 Å². The van der Waals surface area contributed by atoms with E-state index in [-0.39, 0.29) is 22.3 Å². The molecule has 6 nitrogen and oxygen atoms in total. The number of carbonyl (C=O) groups is 2. The van der Waals surface area contributed by atoms with Crippen molar-refractivity contribution in [2.24, 2.45) is 5.41 Å². The first-order valence-electron chi connectivity index (χ1n) is 11.8. The van der Waals surface area contributed by atoms with Crippen molar-refractivity contribution in [3.8, 4) is 0 Å². The van der Waals surface area contributed by atoms with E-state index in [4.69, 9.17) is 9.16 Å². The maximum absolute atomic E-state index is 12.4. The molecular formula is C26H46N2O4Si. The van der Waals surface area contributed by atoms with Crippen molar-refractivity contribution in [3.63, 3.8) is 0 Å². The zero-order valence-corrected chi connectivity index (χ0v) is 23.6. The van der Waals surface area contributed by atoms with Crippen LogP contribution >= 0.6 is 0 Å². The fourth-order valence-corrected chi connectivity index (χ4v) is 3.69. The van der Waals surface area contributed by atoms with Crippen molar-refractivity contribution in [1.82, 2.24) is 5.32 Å². The number of alkyl carbamates (subject to hydrolysis) is 1. The summed E-state index contributed by atoms with van der Waals surface area (Å²) in [4.78, 5) is 24.6. The van der Waals surface area contributed by atoms with Crippen molar-refractivity contribution < 1.29 is 18.8 Å². The van der Waals surface area contributed by atoms with Gasteiger partial charge in [0.25, 0.3) is 0 Å². The van der Waals surface area contributed by atoms with E-state index in [2.05, 4.69) is 44.5 Å². The molecule has 1 amide bonds. The number of amides is 1. The van der Waals surface area contributed by atoms with Crippen LogP contribution in [0.3, 0.4) is 0 Å². The monoisotopic (exact) mass is 478 g/mol. The molecule has 0 saturated carbocycles. The SMILES string of the molecule is CC(C)(C)OC(=O)N[C@H](CO[Si](C)(C)C(C)(C)C)Cc1ccc(NCC(=O)C(C)(C)C)cc1. The molecule has 0 aromatic heterocycles. The second kappa shape index (κ2) is 11.0. The lowest BCUT2D eigenvalue weighted by Gasteiger charge is -2.37. The molecule has 0 aliphatic heterocycles. The fourth-order valence-electron chi connectivity index (χ4n) is 2.64. The molecule has 33 heavy (non-hydrogen) atoms. The van der Waals surface area contributed by atoms with Crippen LogP contribution in [0.25, 0.3) is 0 Å². The number of nitrogens with one attached hydrogen (secondary N) is 2. The van der Waals surface area contributed by atoms with E-state index >= 15 is 0 Å². The topological polar surface area (TPSA) is 76.7 Å². The van der Waals surface area contributed by atoms with Crippen LogP contribution in [0.4, 0.5) is 10.5 Å². The molecule has 0 fully saturated rings. The summed E-state index contributed by atoms with van der Waals surface area (Å²) in [5, 5.41) is 6.27. The Labute approximate surface area is 202 Å². The highest BCUT2D eigenvalue weighted by atomic mass is 28.4. The third-order valence-electron chi connectivity index (χ3n) is 5.90. The smallest absolute Gasteiger partial charge is 0.407 e. The van der Waals surface area contributed by atoms with Crippen LogP contribution in [-0.4, -0.2) is 45.0 Å². The number of benzene rings is 1. The van der Waals surface area contributed by atoms with Crippen LogP contribution < -0.4 is 10.6 Å². The minimum Gasteiger partial charge on any atom is -0.444 e. The van der Waals surface area contributed by atoms with Crippen LogP contribution in [0.15, 0.2) is 24.3 Å². The number of carbonyl (C=O) groups excluding carboxylic acids is 2. The summed E-state index contributed by atoms with van der Waals surface area (Å²) in [5.41, 5.74) is 1.04. The Bertz CT molecular complexity index is 784. The summed E-state index contributed by atoms with van der Waals surface area (Å²) >= 11 is 0. The number of hydrogen-bond acceptors (Lipinski definition) is 5. The van der Waals surface area contributed by atoms with E-state index < -0.39 is 20.0 Å². The number of rotatable bonds is 9. The number of hydrogen-bond donors (Lipinski definition) is 2. The van der Waals surface area contributed by atoms with Gasteiger partial charge in [0.05, 0.1) is 19.2 Å². The quantitative estimate of drug-likeness (QED) is 0.415. The second-order valence-electron chi connectivity index (χ2n) is 12.3. The van der Waals surface area contributed by atoms with Crippen LogP contribution in [0.2, 0.25) is 18.1 Å². The largest absolute Gasteiger partial charge is 0.444 e. The van der Waals surface area contributed by atoms with Gasteiger partial charge in [-0.05, 0) is 63.0 Å². The van der Waals surface area contributed by atoms with Gasteiger partial charge in [-0.2, -0.15) is 0 Å². The first kappa shape index (κ1) is 29.2. The van der Waals surface area contributed by atoms with E-state index in [0.717, 1.165) is 11.3 Å². The minimum atomic E-state index is -1.96. The fraction of sp³-hybridized carbons (Fsp3) is 0.692. The van der Waals surface area contributed by atoms with Gasteiger partial charge in [-0.15, -0.1) is 0 Å². The maximum Gasteiger partial charge on any atom is 0.407 e. The van der Waals surface area contributed by atoms with Gasteiger partial charge in [-0.3, -0.25) is 4.79 Å². The lowest BCUT2D eigenvalue weighted by molar-refractivity contribution is -0.124. The summed E-state index contributed by atoms with van der Waals surface area (Å²) in [7, 11) is -1.96. The highest BCUT2D eigenvalue weighted by molar-refractivity contribution is 6.74. The standard InChI is InChI=1S/C26H46N2O4Si/c1-24(2,3)22(29)17-27-20-14-12-19(13-15-20)16-21(28-23(30)32-25(4,5)6)18-31-33(10,11)26(7,8)9/h12-15,21,27H,16-18H2,1-11H3,(H,28,30)/t21-/m0/s1. The highest BCUT2D eigenvalue weighted by Gasteiger charge is 2.37. The average molecular weight is 479 g/mol. The third-order valence-corrected chi connectivity index (χ3v) is 10.4. The van der Waals surface area contributed by atoms with Crippen LogP contribution in [0, 0.1) is 5.41 Å². The Morgan fingerprint density at radius 1 is 0.939 bits per heavy atom. The van der Waals surface area contributed by atoms with Gasteiger partial charge in [0.15, 0.2) is 14.1 Å². The Morgan fingerprint density at radius 3 is 1.94 bits per heavy atom. The summed E-state index contributed by atoms with van der Waals surface area (Å²) in [6, 6.07) is 7.74. The van der Waals surface area contributed by atoms with Gasteiger partial charge < -0.3 is 19.8 Å². The van der Waals surface area contributed by atoms with Gasteiger partial charge in [0, 0.05) is 11.1 Å². The van der Waals surface area contributed by atoms with Crippen LogP contribution in [-0.2, 0) is 20.4 Å². The number of Topliss-reactive ketones (excluding diaryl/α,β-unsaturated/α-hetero) is 1. The van der Waals surface area contributed by atoms with Crippen molar-refractivity contribution in [1.29, 1.82) is 0 Å². The first-order valence-corrected chi connectivity index (χ1v) is 14.7. The molecule has 7 heteroatoms. The summed E-state index contributed by atoms with van der Waals surface area (Å²) in [6.07, 6.45) is 0.181. The predicted molar refractivity (Wildman–Crippen MR) is 139 cm³/mol. The molecule has 0 aliphatic carbocycles. The van der Waals surface area contributed by atoms with Gasteiger partial charge in [0.2, 0.25) is 0 Å². The summed E-state index contributed by atoms with van der Waals surface area (Å²) in [5.74, 6) is 0.163. The molecule has 188 valence electrons. The molecule has 0 unspecified atom stereocenters. The van der Waals surface area contributed by atoms with Crippen molar-refractivity contribution in [2.45, 2.75) is 98.5 Å². The van der Waals surface area contributed by atoms with Gasteiger partial charge in [0.1, 0.15) is 5.60 Å². The second-order valence-corrected chi connectivity index (χ2v) is 17.2. The molecule has 0 saturated heterocycles. The molecule has 2 N–H and O–H groups in total. The lowest BCUT2D eigenvalue weighted by atomic mass is 9.91. The summed E-state index contributed by atoms with van der Waals surface area (Å²) < 4.78 is 11.9. The zero-order valence-electron chi connectivity index (χ0n) is 22.6. The third kappa shape index (κ3) is 10.7. The zero-order chi connectivity index (χ0) is 25.7. The molecule has 0 spiro atoms. The van der Waals surface area contributed by atoms with Gasteiger partial charge in [-0.1, -0.05) is 53.7 Å². The van der Waals surface area contributed by atoms with E-state index in [0.29, 0.717) is 19.6 Å². The van der Waals surface area contributed by atoms with Gasteiger partial charge >= 0.3 is 6.09 Å². The summed E-state index contributed by atoms with van der Waals surface area (Å²) in [6.45, 7) is 23.0.